The van der Waals surface area contributed by atoms with Gasteiger partial charge in [-0.1, -0.05) is 18.2 Å². The van der Waals surface area contributed by atoms with Crippen LogP contribution >= 0.6 is 35.3 Å². The van der Waals surface area contributed by atoms with Crippen LogP contribution in [-0.4, -0.2) is 31.5 Å². The number of nitrogens with one attached hydrogen (secondary N) is 3. The molecule has 0 bridgehead atoms. The van der Waals surface area contributed by atoms with Gasteiger partial charge in [0.05, 0.1) is 17.0 Å². The minimum atomic E-state index is -4.37. The maximum absolute atomic E-state index is 12.8. The Morgan fingerprint density at radius 1 is 1.10 bits per heavy atom. The third-order valence-electron chi connectivity index (χ3n) is 3.69. The Balaban J connectivity index is 0.00000420. The van der Waals surface area contributed by atoms with Crippen molar-refractivity contribution in [1.82, 2.24) is 16.0 Å². The molecular formula is C19H24F3IN4OS. The first-order valence-corrected chi connectivity index (χ1v) is 9.78. The number of amides is 1. The SMILES string of the molecule is CCNC(=NCc1cccc(C(F)(F)F)c1)NCCCNC(=O)c1cccs1.I. The lowest BCUT2D eigenvalue weighted by Crippen LogP contribution is -2.38. The van der Waals surface area contributed by atoms with Gasteiger partial charge >= 0.3 is 6.18 Å². The van der Waals surface area contributed by atoms with Gasteiger partial charge in [0.2, 0.25) is 0 Å². The summed E-state index contributed by atoms with van der Waals surface area (Å²) in [5.41, 5.74) is -0.199. The Hall–Kier alpha value is -1.82. The summed E-state index contributed by atoms with van der Waals surface area (Å²) < 4.78 is 38.4. The van der Waals surface area contributed by atoms with Gasteiger partial charge in [0.15, 0.2) is 5.96 Å². The zero-order valence-electron chi connectivity index (χ0n) is 15.9. The number of carbonyl (C=O) groups excluding carboxylic acids is 1. The Morgan fingerprint density at radius 3 is 2.52 bits per heavy atom. The van der Waals surface area contributed by atoms with Gasteiger partial charge in [-0.3, -0.25) is 4.79 Å². The zero-order chi connectivity index (χ0) is 20.4. The van der Waals surface area contributed by atoms with Crippen molar-refractivity contribution >= 4 is 47.2 Å². The van der Waals surface area contributed by atoms with Crippen molar-refractivity contribution in [3.8, 4) is 0 Å². The van der Waals surface area contributed by atoms with Crippen LogP contribution in [0, 0.1) is 0 Å². The molecule has 1 heterocycles. The van der Waals surface area contributed by atoms with E-state index in [-0.39, 0.29) is 36.4 Å². The summed E-state index contributed by atoms with van der Waals surface area (Å²) in [7, 11) is 0. The second-order valence-corrected chi connectivity index (χ2v) is 6.85. The van der Waals surface area contributed by atoms with E-state index in [2.05, 4.69) is 20.9 Å². The number of benzene rings is 1. The number of hydrogen-bond donors (Lipinski definition) is 3. The van der Waals surface area contributed by atoms with Crippen LogP contribution in [0.4, 0.5) is 13.2 Å². The molecule has 0 saturated heterocycles. The number of guanidine groups is 1. The number of nitrogens with zero attached hydrogens (tertiary/aromatic N) is 1. The molecule has 0 radical (unpaired) electrons. The Morgan fingerprint density at radius 2 is 1.86 bits per heavy atom. The van der Waals surface area contributed by atoms with Gasteiger partial charge in [0.25, 0.3) is 5.91 Å². The molecule has 0 atom stereocenters. The first kappa shape index (κ1) is 25.2. The second kappa shape index (κ2) is 12.7. The molecule has 1 aromatic carbocycles. The van der Waals surface area contributed by atoms with Crippen LogP contribution in [0.15, 0.2) is 46.8 Å². The topological polar surface area (TPSA) is 65.5 Å². The molecule has 2 rings (SSSR count). The van der Waals surface area contributed by atoms with Crippen LogP contribution in [0.2, 0.25) is 0 Å². The smallest absolute Gasteiger partial charge is 0.357 e. The van der Waals surface area contributed by atoms with Crippen LogP contribution in [-0.2, 0) is 12.7 Å². The van der Waals surface area contributed by atoms with Gasteiger partial charge in [-0.2, -0.15) is 13.2 Å². The van der Waals surface area contributed by atoms with Crippen molar-refractivity contribution < 1.29 is 18.0 Å². The van der Waals surface area contributed by atoms with Crippen LogP contribution in [0.3, 0.4) is 0 Å². The number of aliphatic imine (C=N–C) groups is 1. The van der Waals surface area contributed by atoms with E-state index >= 15 is 0 Å². The maximum Gasteiger partial charge on any atom is 0.416 e. The van der Waals surface area contributed by atoms with Crippen LogP contribution in [0.5, 0.6) is 0 Å². The summed E-state index contributed by atoms with van der Waals surface area (Å²) in [6.45, 7) is 3.75. The van der Waals surface area contributed by atoms with Gasteiger partial charge in [0.1, 0.15) is 0 Å². The summed E-state index contributed by atoms with van der Waals surface area (Å²) >= 11 is 1.39. The molecule has 1 aromatic heterocycles. The summed E-state index contributed by atoms with van der Waals surface area (Å²) in [5.74, 6) is 0.421. The van der Waals surface area contributed by atoms with E-state index in [4.69, 9.17) is 0 Å². The van der Waals surface area contributed by atoms with Crippen molar-refractivity contribution in [1.29, 1.82) is 0 Å². The van der Waals surface area contributed by atoms with Crippen molar-refractivity contribution in [2.45, 2.75) is 26.1 Å². The van der Waals surface area contributed by atoms with E-state index in [0.29, 0.717) is 42.5 Å². The first-order chi connectivity index (χ1) is 13.4. The standard InChI is InChI=1S/C19H23F3N4OS.HI/c1-2-23-18(25-10-5-9-24-17(27)16-8-4-11-28-16)26-13-14-6-3-7-15(12-14)19(20,21)22;/h3-4,6-8,11-12H,2,5,9-10,13H2,1H3,(H,24,27)(H2,23,25,26);1H. The minimum absolute atomic E-state index is 0. The van der Waals surface area contributed by atoms with Crippen LogP contribution in [0.25, 0.3) is 0 Å². The molecule has 0 saturated carbocycles. The average Bonchev–Trinajstić information content (AvgIpc) is 3.20. The van der Waals surface area contributed by atoms with E-state index in [1.54, 1.807) is 12.1 Å². The molecule has 1 amide bonds. The first-order valence-electron chi connectivity index (χ1n) is 8.90. The monoisotopic (exact) mass is 540 g/mol. The maximum atomic E-state index is 12.8. The number of hydrogen-bond acceptors (Lipinski definition) is 3. The Kier molecular flexibility index (Phi) is 11.0. The van der Waals surface area contributed by atoms with E-state index in [0.717, 1.165) is 12.1 Å². The number of halogens is 4. The van der Waals surface area contributed by atoms with Crippen LogP contribution in [0.1, 0.15) is 34.1 Å². The molecule has 0 fully saturated rings. The van der Waals surface area contributed by atoms with Crippen molar-refractivity contribution in [2.24, 2.45) is 4.99 Å². The van der Waals surface area contributed by atoms with Crippen molar-refractivity contribution in [3.05, 3.63) is 57.8 Å². The Labute approximate surface area is 189 Å². The van der Waals surface area contributed by atoms with Crippen molar-refractivity contribution in [2.75, 3.05) is 19.6 Å². The summed E-state index contributed by atoms with van der Waals surface area (Å²) in [4.78, 5) is 16.8. The van der Waals surface area contributed by atoms with E-state index in [1.165, 1.54) is 17.4 Å². The molecule has 5 nitrogen and oxygen atoms in total. The Bertz CT molecular complexity index is 782. The fourth-order valence-electron chi connectivity index (χ4n) is 2.35. The molecular weight excluding hydrogens is 516 g/mol. The van der Waals surface area contributed by atoms with Crippen LogP contribution < -0.4 is 16.0 Å². The average molecular weight is 540 g/mol. The largest absolute Gasteiger partial charge is 0.416 e. The quantitative estimate of drug-likeness (QED) is 0.203. The van der Waals surface area contributed by atoms with E-state index < -0.39 is 11.7 Å². The number of rotatable bonds is 8. The third kappa shape index (κ3) is 9.03. The zero-order valence-corrected chi connectivity index (χ0v) is 19.0. The van der Waals surface area contributed by atoms with Gasteiger partial charge in [-0.15, -0.1) is 35.3 Å². The minimum Gasteiger partial charge on any atom is -0.357 e. The second-order valence-electron chi connectivity index (χ2n) is 5.91. The number of thiophene rings is 1. The lowest BCUT2D eigenvalue weighted by molar-refractivity contribution is -0.137. The predicted molar refractivity (Wildman–Crippen MR) is 121 cm³/mol. The fraction of sp³-hybridized carbons (Fsp3) is 0.368. The molecule has 29 heavy (non-hydrogen) atoms. The van der Waals surface area contributed by atoms with Gasteiger partial charge < -0.3 is 16.0 Å². The summed E-state index contributed by atoms with van der Waals surface area (Å²) in [6, 6.07) is 8.73. The molecule has 0 spiro atoms. The molecule has 160 valence electrons. The molecule has 0 aliphatic carbocycles. The van der Waals surface area contributed by atoms with Crippen molar-refractivity contribution in [3.63, 3.8) is 0 Å². The van der Waals surface area contributed by atoms with Gasteiger partial charge in [-0.25, -0.2) is 4.99 Å². The van der Waals surface area contributed by atoms with Gasteiger partial charge in [0, 0.05) is 19.6 Å². The lowest BCUT2D eigenvalue weighted by Gasteiger charge is -2.12. The fourth-order valence-corrected chi connectivity index (χ4v) is 2.99. The highest BCUT2D eigenvalue weighted by Gasteiger charge is 2.30. The predicted octanol–water partition coefficient (Wildman–Crippen LogP) is 4.26. The highest BCUT2D eigenvalue weighted by molar-refractivity contribution is 14.0. The molecule has 0 aliphatic rings. The normalized spacial score (nSPS) is 11.5. The van der Waals surface area contributed by atoms with E-state index in [9.17, 15) is 18.0 Å². The third-order valence-corrected chi connectivity index (χ3v) is 4.56. The molecule has 3 N–H and O–H groups in total. The number of carbonyl (C=O) groups is 1. The highest BCUT2D eigenvalue weighted by atomic mass is 127. The summed E-state index contributed by atoms with van der Waals surface area (Å²) in [6.07, 6.45) is -3.68. The highest BCUT2D eigenvalue weighted by Crippen LogP contribution is 2.29. The molecule has 2 aromatic rings. The lowest BCUT2D eigenvalue weighted by atomic mass is 10.1. The van der Waals surface area contributed by atoms with E-state index in [1.807, 2.05) is 18.4 Å². The number of alkyl halides is 3. The molecule has 0 unspecified atom stereocenters. The molecule has 10 heteroatoms. The summed E-state index contributed by atoms with van der Waals surface area (Å²) in [5, 5.41) is 10.8. The van der Waals surface area contributed by atoms with Gasteiger partial charge in [-0.05, 0) is 42.5 Å². The molecule has 0 aliphatic heterocycles.